The van der Waals surface area contributed by atoms with E-state index in [-0.39, 0.29) is 0 Å². The molecule has 0 radical (unpaired) electrons. The second-order valence-corrected chi connectivity index (χ2v) is 4.83. The molecular weight excluding hydrogens is 245 g/mol. The Morgan fingerprint density at radius 3 is 2.50 bits per heavy atom. The lowest BCUT2D eigenvalue weighted by molar-refractivity contribution is 0.108. The van der Waals surface area contributed by atoms with Crippen LogP contribution in [0.5, 0.6) is 0 Å². The zero-order valence-electron chi connectivity index (χ0n) is 7.84. The molecule has 0 saturated heterocycles. The van der Waals surface area contributed by atoms with Crippen molar-refractivity contribution in [3.63, 3.8) is 0 Å². The maximum Gasteiger partial charge on any atom is 0.144 e. The molecular formula is C11H13BrFN. The summed E-state index contributed by atoms with van der Waals surface area (Å²) in [4.78, 5) is 0. The van der Waals surface area contributed by atoms with E-state index in [0.717, 1.165) is 23.7 Å². The Morgan fingerprint density at radius 1 is 1.36 bits per heavy atom. The normalized spacial score (nSPS) is 21.4. The van der Waals surface area contributed by atoms with E-state index < -0.39 is 11.7 Å². The zero-order valence-corrected chi connectivity index (χ0v) is 9.43. The maximum atomic E-state index is 14.1. The van der Waals surface area contributed by atoms with Crippen molar-refractivity contribution in [3.05, 3.63) is 34.3 Å². The van der Waals surface area contributed by atoms with Gasteiger partial charge in [0.25, 0.3) is 0 Å². The minimum atomic E-state index is -1.05. The van der Waals surface area contributed by atoms with Gasteiger partial charge < -0.3 is 5.73 Å². The average Bonchev–Trinajstić information content (AvgIpc) is 2.14. The molecule has 0 aromatic heterocycles. The van der Waals surface area contributed by atoms with Gasteiger partial charge in [-0.25, -0.2) is 4.39 Å². The third-order valence-electron chi connectivity index (χ3n) is 2.97. The highest BCUT2D eigenvalue weighted by Crippen LogP contribution is 2.43. The molecule has 0 bridgehead atoms. The van der Waals surface area contributed by atoms with E-state index in [0.29, 0.717) is 5.56 Å². The molecule has 0 spiro atoms. The van der Waals surface area contributed by atoms with Gasteiger partial charge in [0.15, 0.2) is 0 Å². The number of alkyl halides is 1. The molecule has 2 rings (SSSR count). The number of rotatable bonds is 2. The molecule has 2 N–H and O–H groups in total. The minimum Gasteiger partial charge on any atom is -0.322 e. The molecule has 1 nitrogen and oxygen atoms in total. The van der Waals surface area contributed by atoms with Gasteiger partial charge in [-0.05, 0) is 25.3 Å². The molecule has 0 amide bonds. The lowest BCUT2D eigenvalue weighted by Gasteiger charge is -2.41. The first kappa shape index (κ1) is 10.1. The Hall–Kier alpha value is -0.410. The molecule has 14 heavy (non-hydrogen) atoms. The van der Waals surface area contributed by atoms with Crippen LogP contribution in [0, 0.1) is 0 Å². The van der Waals surface area contributed by atoms with Crippen molar-refractivity contribution < 1.29 is 4.39 Å². The smallest absolute Gasteiger partial charge is 0.144 e. The summed E-state index contributed by atoms with van der Waals surface area (Å²) in [6.45, 7) is 0. The van der Waals surface area contributed by atoms with Gasteiger partial charge in [0.2, 0.25) is 0 Å². The molecule has 1 aliphatic rings. The Kier molecular flexibility index (Phi) is 2.62. The van der Waals surface area contributed by atoms with Crippen molar-refractivity contribution in [2.75, 3.05) is 0 Å². The Balaban J connectivity index is 2.26. The van der Waals surface area contributed by atoms with Crippen LogP contribution in [-0.4, -0.2) is 5.54 Å². The molecule has 1 fully saturated rings. The second-order valence-electron chi connectivity index (χ2n) is 3.97. The second kappa shape index (κ2) is 3.63. The van der Waals surface area contributed by atoms with Crippen LogP contribution in [0.25, 0.3) is 0 Å². The fraction of sp³-hybridized carbons (Fsp3) is 0.455. The van der Waals surface area contributed by atoms with E-state index in [9.17, 15) is 4.39 Å². The van der Waals surface area contributed by atoms with Crippen molar-refractivity contribution in [1.82, 2.24) is 0 Å². The van der Waals surface area contributed by atoms with Crippen molar-refractivity contribution in [1.29, 1.82) is 0 Å². The lowest BCUT2D eigenvalue weighted by atomic mass is 9.72. The topological polar surface area (TPSA) is 26.0 Å². The summed E-state index contributed by atoms with van der Waals surface area (Å²) < 4.78 is 14.9. The number of halogens is 2. The first-order valence-corrected chi connectivity index (χ1v) is 5.60. The number of nitrogens with two attached hydrogens (primary N) is 1. The highest BCUT2D eigenvalue weighted by Gasteiger charge is 2.42. The monoisotopic (exact) mass is 257 g/mol. The Labute approximate surface area is 91.6 Å². The first-order chi connectivity index (χ1) is 6.63. The van der Waals surface area contributed by atoms with Gasteiger partial charge >= 0.3 is 0 Å². The van der Waals surface area contributed by atoms with Gasteiger partial charge in [-0.3, -0.25) is 0 Å². The van der Waals surface area contributed by atoms with Gasteiger partial charge in [-0.1, -0.05) is 34.1 Å². The van der Waals surface area contributed by atoms with E-state index >= 15 is 0 Å². The Bertz CT molecular complexity index is 336. The minimum absolute atomic E-state index is 0.621. The van der Waals surface area contributed by atoms with Crippen LogP contribution < -0.4 is 5.73 Å². The molecule has 1 aromatic rings. The van der Waals surface area contributed by atoms with E-state index in [4.69, 9.17) is 5.73 Å². The number of benzene rings is 1. The maximum absolute atomic E-state index is 14.1. The van der Waals surface area contributed by atoms with Gasteiger partial charge in [0.1, 0.15) is 6.17 Å². The summed E-state index contributed by atoms with van der Waals surface area (Å²) in [5.41, 5.74) is 6.01. The number of hydrogen-bond donors (Lipinski definition) is 1. The first-order valence-electron chi connectivity index (χ1n) is 4.81. The van der Waals surface area contributed by atoms with Gasteiger partial charge in [0.05, 0.1) is 5.54 Å². The van der Waals surface area contributed by atoms with Crippen LogP contribution in [0.3, 0.4) is 0 Å². The fourth-order valence-corrected chi connectivity index (χ4v) is 2.31. The summed E-state index contributed by atoms with van der Waals surface area (Å²) in [5, 5.41) is 0. The molecule has 1 atom stereocenters. The predicted octanol–water partition coefficient (Wildman–Crippen LogP) is 3.34. The summed E-state index contributed by atoms with van der Waals surface area (Å²) in [6.07, 6.45) is 1.57. The van der Waals surface area contributed by atoms with Gasteiger partial charge in [0, 0.05) is 10.0 Å². The SMILES string of the molecule is NC1(C(F)c2ccccc2Br)CCC1. The van der Waals surface area contributed by atoms with Gasteiger partial charge in [-0.2, -0.15) is 0 Å². The van der Waals surface area contributed by atoms with Crippen LogP contribution in [0.15, 0.2) is 28.7 Å². The highest BCUT2D eigenvalue weighted by molar-refractivity contribution is 9.10. The van der Waals surface area contributed by atoms with E-state index in [1.54, 1.807) is 6.07 Å². The lowest BCUT2D eigenvalue weighted by Crippen LogP contribution is -2.50. The van der Waals surface area contributed by atoms with Gasteiger partial charge in [-0.15, -0.1) is 0 Å². The third kappa shape index (κ3) is 1.59. The summed E-state index contributed by atoms with van der Waals surface area (Å²) in [7, 11) is 0. The fourth-order valence-electron chi connectivity index (χ4n) is 1.83. The molecule has 1 aliphatic carbocycles. The molecule has 3 heteroatoms. The summed E-state index contributed by atoms with van der Waals surface area (Å²) >= 11 is 3.35. The Morgan fingerprint density at radius 2 is 2.00 bits per heavy atom. The van der Waals surface area contributed by atoms with Crippen molar-refractivity contribution in [2.24, 2.45) is 5.73 Å². The quantitative estimate of drug-likeness (QED) is 0.864. The van der Waals surface area contributed by atoms with E-state index in [1.807, 2.05) is 18.2 Å². The van der Waals surface area contributed by atoms with Crippen LogP contribution >= 0.6 is 15.9 Å². The largest absolute Gasteiger partial charge is 0.322 e. The summed E-state index contributed by atoms with van der Waals surface area (Å²) in [6, 6.07) is 7.37. The average molecular weight is 258 g/mol. The van der Waals surface area contributed by atoms with Crippen LogP contribution in [0.1, 0.15) is 31.0 Å². The molecule has 0 heterocycles. The number of hydrogen-bond acceptors (Lipinski definition) is 1. The van der Waals surface area contributed by atoms with Crippen LogP contribution in [0.2, 0.25) is 0 Å². The standard InChI is InChI=1S/C11H13BrFN/c12-9-5-2-1-4-8(9)10(13)11(14)6-3-7-11/h1-2,4-5,10H,3,6-7,14H2. The van der Waals surface area contributed by atoms with Crippen molar-refractivity contribution in [2.45, 2.75) is 31.0 Å². The highest BCUT2D eigenvalue weighted by atomic mass is 79.9. The van der Waals surface area contributed by atoms with E-state index in [2.05, 4.69) is 15.9 Å². The van der Waals surface area contributed by atoms with Crippen molar-refractivity contribution in [3.8, 4) is 0 Å². The molecule has 0 aliphatic heterocycles. The molecule has 1 aromatic carbocycles. The summed E-state index contributed by atoms with van der Waals surface area (Å²) in [5.74, 6) is 0. The molecule has 76 valence electrons. The van der Waals surface area contributed by atoms with Crippen molar-refractivity contribution >= 4 is 15.9 Å². The predicted molar refractivity (Wildman–Crippen MR) is 58.8 cm³/mol. The molecule has 1 saturated carbocycles. The van der Waals surface area contributed by atoms with Crippen LogP contribution in [0.4, 0.5) is 4.39 Å². The zero-order chi connectivity index (χ0) is 10.2. The van der Waals surface area contributed by atoms with E-state index in [1.165, 1.54) is 0 Å². The van der Waals surface area contributed by atoms with Crippen LogP contribution in [-0.2, 0) is 0 Å². The third-order valence-corrected chi connectivity index (χ3v) is 3.69. The molecule has 1 unspecified atom stereocenters.